The molecule has 0 nitrogen and oxygen atoms in total. The third kappa shape index (κ3) is 4.91. The monoisotopic (exact) mass is 458 g/mol. The molecule has 1 unspecified atom stereocenters. The van der Waals surface area contributed by atoms with Gasteiger partial charge in [-0.25, -0.2) is 0 Å². The van der Waals surface area contributed by atoms with Crippen molar-refractivity contribution in [3.05, 3.63) is 151 Å². The Bertz CT molecular complexity index is 1120. The Morgan fingerprint density at radius 1 is 0.412 bits per heavy atom. The van der Waals surface area contributed by atoms with Crippen LogP contribution in [0.4, 0.5) is 0 Å². The van der Waals surface area contributed by atoms with Crippen LogP contribution in [0.1, 0.15) is 11.1 Å². The molecule has 0 aliphatic heterocycles. The van der Waals surface area contributed by atoms with E-state index in [1.165, 1.54) is 38.3 Å². The van der Waals surface area contributed by atoms with Gasteiger partial charge in [-0.15, -0.1) is 0 Å². The molecular formula is C32H32BP. The molecule has 5 rings (SSSR count). The Morgan fingerprint density at radius 3 is 1.00 bits per heavy atom. The van der Waals surface area contributed by atoms with E-state index in [1.807, 2.05) is 9.24 Å². The molecule has 2 heteroatoms. The van der Waals surface area contributed by atoms with Gasteiger partial charge < -0.3 is 0 Å². The van der Waals surface area contributed by atoms with Crippen LogP contribution in [0.15, 0.2) is 140 Å². The molecular weight excluding hydrogens is 426 g/mol. The fourth-order valence-electron chi connectivity index (χ4n) is 4.93. The minimum Gasteiger partial charge on any atom is -0.195 e. The molecule has 0 aliphatic carbocycles. The Morgan fingerprint density at radius 2 is 0.735 bits per heavy atom. The molecule has 0 saturated heterocycles. The third-order valence-electron chi connectivity index (χ3n) is 6.92. The molecule has 1 atom stereocenters. The second kappa shape index (κ2) is 11.1. The molecule has 0 fully saturated rings. The van der Waals surface area contributed by atoms with Crippen LogP contribution < -0.4 is 27.2 Å². The highest BCUT2D eigenvalue weighted by Crippen LogP contribution is 2.09. The lowest BCUT2D eigenvalue weighted by atomic mass is 9.13. The summed E-state index contributed by atoms with van der Waals surface area (Å²) in [5, 5.41) is 1.41. The summed E-state index contributed by atoms with van der Waals surface area (Å²) in [4.78, 5) is 0. The predicted molar refractivity (Wildman–Crippen MR) is 157 cm³/mol. The molecule has 0 saturated carbocycles. The summed E-state index contributed by atoms with van der Waals surface area (Å²) in [5.41, 5.74) is 8.17. The lowest BCUT2D eigenvalue weighted by Gasteiger charge is -2.44. The maximum atomic E-state index is 2.26. The van der Waals surface area contributed by atoms with Crippen LogP contribution in [0.2, 0.25) is 0 Å². The van der Waals surface area contributed by atoms with Gasteiger partial charge in [-0.1, -0.05) is 133 Å². The van der Waals surface area contributed by atoms with Crippen molar-refractivity contribution in [1.82, 2.24) is 0 Å². The quantitative estimate of drug-likeness (QED) is 0.273. The number of hydrogen-bond acceptors (Lipinski definition) is 0. The van der Waals surface area contributed by atoms with Gasteiger partial charge in [0.15, 0.2) is 0 Å². The van der Waals surface area contributed by atoms with E-state index in [1.54, 1.807) is 0 Å². The number of hydrogen-bond donors (Lipinski definition) is 0. The summed E-state index contributed by atoms with van der Waals surface area (Å²) in [6, 6.07) is 49.9. The first-order chi connectivity index (χ1) is 16.6. The van der Waals surface area contributed by atoms with Gasteiger partial charge in [-0.05, 0) is 31.0 Å². The zero-order valence-corrected chi connectivity index (χ0v) is 21.5. The van der Waals surface area contributed by atoms with Crippen molar-refractivity contribution in [3.63, 3.8) is 0 Å². The molecule has 0 aliphatic rings. The number of benzene rings is 5. The van der Waals surface area contributed by atoms with E-state index >= 15 is 0 Å². The largest absolute Gasteiger partial charge is 0.195 e. The lowest BCUT2D eigenvalue weighted by molar-refractivity contribution is 1.37. The average molecular weight is 458 g/mol. The highest BCUT2D eigenvalue weighted by molar-refractivity contribution is 7.27. The van der Waals surface area contributed by atoms with Crippen LogP contribution in [0.25, 0.3) is 0 Å². The van der Waals surface area contributed by atoms with Gasteiger partial charge in [-0.3, -0.25) is 0 Å². The Hall–Kier alpha value is -3.41. The van der Waals surface area contributed by atoms with Crippen molar-refractivity contribution < 1.29 is 0 Å². The first kappa shape index (κ1) is 23.7. The lowest BCUT2D eigenvalue weighted by Crippen LogP contribution is -2.74. The predicted octanol–water partition coefficient (Wildman–Crippen LogP) is 4.60. The Kier molecular flexibility index (Phi) is 7.78. The van der Waals surface area contributed by atoms with E-state index in [0.717, 1.165) is 0 Å². The van der Waals surface area contributed by atoms with E-state index in [-0.39, 0.29) is 0 Å². The number of aryl methyl sites for hydroxylation is 1. The molecule has 168 valence electrons. The normalized spacial score (nSPS) is 10.9. The molecule has 0 N–H and O–H groups in total. The standard InChI is InChI=1S/C24H20B.C8H11P/c1-5-13-21(14-6-1)25(22-15-7-2-8-16-22,23-17-9-3-10-18-23)24-19-11-4-12-20-24;1-6-4-3-5-8(9)7(6)2/h1-20H;3-5H,9H2,1-2H3/q-1;/p+1. The smallest absolute Gasteiger partial charge is 0.108 e. The van der Waals surface area contributed by atoms with E-state index in [9.17, 15) is 0 Å². The van der Waals surface area contributed by atoms with E-state index in [4.69, 9.17) is 0 Å². The molecule has 0 spiro atoms. The second-order valence-corrected chi connectivity index (χ2v) is 9.63. The van der Waals surface area contributed by atoms with Crippen LogP contribution in [0.3, 0.4) is 0 Å². The molecule has 34 heavy (non-hydrogen) atoms. The minimum absolute atomic E-state index is 1.22. The highest BCUT2D eigenvalue weighted by Gasteiger charge is 2.30. The van der Waals surface area contributed by atoms with Crippen molar-refractivity contribution in [1.29, 1.82) is 0 Å². The van der Waals surface area contributed by atoms with E-state index in [0.29, 0.717) is 0 Å². The molecule has 5 aromatic carbocycles. The van der Waals surface area contributed by atoms with E-state index in [2.05, 4.69) is 153 Å². The van der Waals surface area contributed by atoms with Crippen LogP contribution >= 0.6 is 9.24 Å². The maximum absolute atomic E-state index is 2.26. The van der Waals surface area contributed by atoms with Gasteiger partial charge in [0.05, 0.1) is 5.30 Å². The highest BCUT2D eigenvalue weighted by atomic mass is 31.0. The Balaban J connectivity index is 0.000000257. The Labute approximate surface area is 206 Å². The fraction of sp³-hybridized carbons (Fsp3) is 0.0625. The summed E-state index contributed by atoms with van der Waals surface area (Å²) in [7, 11) is 1.95. The first-order valence-electron chi connectivity index (χ1n) is 11.9. The molecule has 0 heterocycles. The van der Waals surface area contributed by atoms with Crippen LogP contribution in [-0.2, 0) is 0 Å². The zero-order chi connectivity index (χ0) is 23.8. The summed E-state index contributed by atoms with van der Waals surface area (Å²) in [6.07, 6.45) is -1.22. The van der Waals surface area contributed by atoms with Crippen molar-refractivity contribution in [3.8, 4) is 0 Å². The molecule has 0 amide bonds. The minimum atomic E-state index is -1.22. The van der Waals surface area contributed by atoms with Gasteiger partial charge in [-0.2, -0.15) is 21.9 Å². The van der Waals surface area contributed by atoms with Crippen molar-refractivity contribution in [2.75, 3.05) is 0 Å². The van der Waals surface area contributed by atoms with Crippen molar-refractivity contribution in [2.24, 2.45) is 0 Å². The third-order valence-corrected chi connectivity index (χ3v) is 7.68. The van der Waals surface area contributed by atoms with Gasteiger partial charge in [0.2, 0.25) is 0 Å². The first-order valence-corrected chi connectivity index (χ1v) is 12.6. The number of rotatable bonds is 4. The molecule has 0 radical (unpaired) electrons. The summed E-state index contributed by atoms with van der Waals surface area (Å²) >= 11 is 0. The summed E-state index contributed by atoms with van der Waals surface area (Å²) in [6.45, 7) is 4.31. The molecule has 0 bridgehead atoms. The van der Waals surface area contributed by atoms with Crippen molar-refractivity contribution in [2.45, 2.75) is 13.8 Å². The van der Waals surface area contributed by atoms with Gasteiger partial charge in [0, 0.05) is 9.24 Å². The van der Waals surface area contributed by atoms with Crippen LogP contribution in [0, 0.1) is 13.8 Å². The van der Waals surface area contributed by atoms with Gasteiger partial charge in [0.25, 0.3) is 0 Å². The van der Waals surface area contributed by atoms with Crippen molar-refractivity contribution >= 4 is 42.5 Å². The topological polar surface area (TPSA) is 0 Å². The van der Waals surface area contributed by atoms with Gasteiger partial charge in [0.1, 0.15) is 6.15 Å². The second-order valence-electron chi connectivity index (χ2n) is 8.87. The zero-order valence-electron chi connectivity index (χ0n) is 20.1. The summed E-state index contributed by atoms with van der Waals surface area (Å²) < 4.78 is 0. The maximum Gasteiger partial charge on any atom is 0.108 e. The SMILES string of the molecule is Cc1cccc([PH3+])c1C.c1ccc([B-](c2ccccc2)(c2ccccc2)c2ccccc2)cc1. The van der Waals surface area contributed by atoms with Gasteiger partial charge >= 0.3 is 0 Å². The average Bonchev–Trinajstić information content (AvgIpc) is 2.91. The molecule has 0 aromatic heterocycles. The van der Waals surface area contributed by atoms with Crippen LogP contribution in [0.5, 0.6) is 0 Å². The summed E-state index contributed by atoms with van der Waals surface area (Å²) in [5.74, 6) is 0. The van der Waals surface area contributed by atoms with Crippen LogP contribution in [-0.4, -0.2) is 6.15 Å². The fourth-order valence-corrected chi connectivity index (χ4v) is 5.35. The van der Waals surface area contributed by atoms with E-state index < -0.39 is 6.15 Å². The molecule has 5 aromatic rings.